The molecule has 0 aromatic heterocycles. The van der Waals surface area contributed by atoms with Crippen molar-refractivity contribution in [2.45, 2.75) is 6.92 Å². The summed E-state index contributed by atoms with van der Waals surface area (Å²) in [7, 11) is 0. The van der Waals surface area contributed by atoms with Crippen LogP contribution in [0.25, 0.3) is 0 Å². The molecule has 0 N–H and O–H groups in total. The zero-order chi connectivity index (χ0) is 8.69. The second-order valence-electron chi connectivity index (χ2n) is 1.64. The third-order valence-corrected chi connectivity index (χ3v) is 0.914. The molecule has 0 aliphatic carbocycles. The lowest BCUT2D eigenvalue weighted by atomic mass is 10.2. The third-order valence-electron chi connectivity index (χ3n) is 0.914. The fourth-order valence-corrected chi connectivity index (χ4v) is 0.458. The van der Waals surface area contributed by atoms with Gasteiger partial charge in [-0.2, -0.15) is 5.26 Å². The molecule has 4 heteroatoms. The van der Waals surface area contributed by atoms with Crippen LogP contribution in [0.3, 0.4) is 0 Å². The van der Waals surface area contributed by atoms with E-state index in [2.05, 4.69) is 4.74 Å². The maximum Gasteiger partial charge on any atom is 0.328 e. The molecule has 11 heavy (non-hydrogen) atoms. The summed E-state index contributed by atoms with van der Waals surface area (Å²) in [5, 5.41) is 8.29. The van der Waals surface area contributed by atoms with E-state index >= 15 is 0 Å². The molecule has 1 atom stereocenters. The topological polar surface area (TPSA) is 67.2 Å². The van der Waals surface area contributed by atoms with Crippen LogP contribution in [0.1, 0.15) is 6.92 Å². The van der Waals surface area contributed by atoms with E-state index in [0.29, 0.717) is 0 Å². The molecule has 0 saturated heterocycles. The van der Waals surface area contributed by atoms with Crippen molar-refractivity contribution in [3.63, 3.8) is 0 Å². The van der Waals surface area contributed by atoms with Gasteiger partial charge < -0.3 is 4.74 Å². The Kier molecular flexibility index (Phi) is 4.46. The van der Waals surface area contributed by atoms with Gasteiger partial charge in [0.2, 0.25) is 0 Å². The number of carbonyl (C=O) groups is 1. The van der Waals surface area contributed by atoms with Gasteiger partial charge >= 0.3 is 5.97 Å². The van der Waals surface area contributed by atoms with E-state index in [1.54, 1.807) is 13.0 Å². The molecule has 0 aliphatic heterocycles. The fraction of sp³-hybridized carbons (Fsp3) is 0.429. The first kappa shape index (κ1) is 9.41. The molecule has 58 valence electrons. The molecule has 0 radical (unpaired) electrons. The van der Waals surface area contributed by atoms with Gasteiger partial charge in [0.05, 0.1) is 12.7 Å². The summed E-state index contributed by atoms with van der Waals surface area (Å²) in [6.45, 7) is 1.82. The predicted octanol–water partition coefficient (Wildman–Crippen LogP) is 0.0771. The number of nitrogens with zero attached hydrogens (tertiary/aromatic N) is 1. The summed E-state index contributed by atoms with van der Waals surface area (Å²) < 4.78 is 4.48. The smallest absolute Gasteiger partial charge is 0.328 e. The number of hydrogen-bond acceptors (Lipinski definition) is 4. The van der Waals surface area contributed by atoms with Gasteiger partial charge in [0.25, 0.3) is 0 Å². The van der Waals surface area contributed by atoms with Crippen molar-refractivity contribution in [1.82, 2.24) is 0 Å². The molecular formula is C7H7NO3. The number of carbonyl (C=O) groups excluding carboxylic acids is 2. The van der Waals surface area contributed by atoms with Gasteiger partial charge in [0.1, 0.15) is 5.94 Å². The number of esters is 1. The fourth-order valence-electron chi connectivity index (χ4n) is 0.458. The monoisotopic (exact) mass is 153 g/mol. The Morgan fingerprint density at radius 3 is 2.82 bits per heavy atom. The first-order valence-electron chi connectivity index (χ1n) is 3.03. The van der Waals surface area contributed by atoms with Gasteiger partial charge in [-0.05, 0) is 6.92 Å². The Bertz CT molecular complexity index is 222. The Balaban J connectivity index is 4.17. The van der Waals surface area contributed by atoms with Crippen LogP contribution in [0.5, 0.6) is 0 Å². The molecule has 0 amide bonds. The van der Waals surface area contributed by atoms with Crippen molar-refractivity contribution in [2.75, 3.05) is 6.61 Å². The largest absolute Gasteiger partial charge is 0.465 e. The van der Waals surface area contributed by atoms with Gasteiger partial charge in [0, 0.05) is 6.08 Å². The van der Waals surface area contributed by atoms with Crippen LogP contribution < -0.4 is 0 Å². The Morgan fingerprint density at radius 1 is 1.82 bits per heavy atom. The summed E-state index contributed by atoms with van der Waals surface area (Å²) in [5.41, 5.74) is 0. The predicted molar refractivity (Wildman–Crippen MR) is 36.0 cm³/mol. The first-order chi connectivity index (χ1) is 5.26. The van der Waals surface area contributed by atoms with E-state index < -0.39 is 11.9 Å². The lowest BCUT2D eigenvalue weighted by Gasteiger charge is -2.00. The minimum absolute atomic E-state index is 0.198. The zero-order valence-electron chi connectivity index (χ0n) is 6.03. The summed E-state index contributed by atoms with van der Waals surface area (Å²) >= 11 is 0. The molecular weight excluding hydrogens is 146 g/mol. The average Bonchev–Trinajstić information content (AvgIpc) is 2.00. The van der Waals surface area contributed by atoms with Crippen LogP contribution in [0, 0.1) is 17.2 Å². The van der Waals surface area contributed by atoms with E-state index in [1.165, 1.54) is 5.94 Å². The molecule has 0 heterocycles. The van der Waals surface area contributed by atoms with E-state index in [0.717, 1.165) is 6.08 Å². The highest BCUT2D eigenvalue weighted by molar-refractivity contribution is 5.79. The quantitative estimate of drug-likeness (QED) is 0.425. The summed E-state index contributed by atoms with van der Waals surface area (Å²) in [6, 6.07) is 1.59. The van der Waals surface area contributed by atoms with Crippen LogP contribution in [0.15, 0.2) is 6.08 Å². The van der Waals surface area contributed by atoms with E-state index in [4.69, 9.17) is 5.26 Å². The lowest BCUT2D eigenvalue weighted by molar-refractivity contribution is -0.144. The van der Waals surface area contributed by atoms with Crippen LogP contribution in [-0.4, -0.2) is 18.5 Å². The van der Waals surface area contributed by atoms with Crippen molar-refractivity contribution in [2.24, 2.45) is 5.92 Å². The maximum atomic E-state index is 10.7. The van der Waals surface area contributed by atoms with Crippen molar-refractivity contribution in [3.05, 3.63) is 6.08 Å². The number of hydrogen-bond donors (Lipinski definition) is 0. The number of nitriles is 1. The van der Waals surface area contributed by atoms with Crippen LogP contribution >= 0.6 is 0 Å². The molecule has 0 bridgehead atoms. The standard InChI is InChI=1S/C7H7NO3/c1-2-11-7(10)6(5-8)3-4-9/h3,6H,2H2,1H3. The van der Waals surface area contributed by atoms with Crippen molar-refractivity contribution in [1.29, 1.82) is 5.26 Å². The SMILES string of the molecule is CCOC(=O)C(C#N)C=C=O. The second kappa shape index (κ2) is 5.21. The number of ether oxygens (including phenoxy) is 1. The van der Waals surface area contributed by atoms with E-state index in [-0.39, 0.29) is 6.61 Å². The molecule has 0 aliphatic rings. The molecule has 0 saturated carbocycles. The average molecular weight is 153 g/mol. The van der Waals surface area contributed by atoms with Gasteiger partial charge in [0.15, 0.2) is 5.92 Å². The van der Waals surface area contributed by atoms with Gasteiger partial charge in [-0.3, -0.25) is 4.79 Å². The van der Waals surface area contributed by atoms with Crippen LogP contribution in [-0.2, 0) is 14.3 Å². The van der Waals surface area contributed by atoms with Crippen molar-refractivity contribution in [3.8, 4) is 6.07 Å². The molecule has 0 spiro atoms. The highest BCUT2D eigenvalue weighted by Gasteiger charge is 2.15. The molecule has 0 rings (SSSR count). The second-order valence-corrected chi connectivity index (χ2v) is 1.64. The first-order valence-corrected chi connectivity index (χ1v) is 3.03. The van der Waals surface area contributed by atoms with Gasteiger partial charge in [-0.15, -0.1) is 0 Å². The van der Waals surface area contributed by atoms with Crippen molar-refractivity contribution < 1.29 is 14.3 Å². The van der Waals surface area contributed by atoms with Crippen LogP contribution in [0.2, 0.25) is 0 Å². The summed E-state index contributed by atoms with van der Waals surface area (Å²) in [5.74, 6) is -0.468. The summed E-state index contributed by atoms with van der Waals surface area (Å²) in [6.07, 6.45) is 0.831. The van der Waals surface area contributed by atoms with E-state index in [9.17, 15) is 9.59 Å². The Hall–Kier alpha value is -1.59. The molecule has 0 aromatic rings. The minimum Gasteiger partial charge on any atom is -0.465 e. The van der Waals surface area contributed by atoms with Crippen LogP contribution in [0.4, 0.5) is 0 Å². The maximum absolute atomic E-state index is 10.7. The third kappa shape index (κ3) is 3.19. The van der Waals surface area contributed by atoms with Gasteiger partial charge in [-0.1, -0.05) is 0 Å². The van der Waals surface area contributed by atoms with Crippen molar-refractivity contribution >= 4 is 11.9 Å². The minimum atomic E-state index is -1.12. The highest BCUT2D eigenvalue weighted by atomic mass is 16.5. The Morgan fingerprint density at radius 2 is 2.45 bits per heavy atom. The lowest BCUT2D eigenvalue weighted by Crippen LogP contribution is -2.13. The summed E-state index contributed by atoms with van der Waals surface area (Å²) in [4.78, 5) is 20.5. The molecule has 0 aromatic carbocycles. The number of rotatable bonds is 3. The molecule has 1 unspecified atom stereocenters. The van der Waals surface area contributed by atoms with E-state index in [1.807, 2.05) is 0 Å². The normalized spacial score (nSPS) is 10.5. The highest BCUT2D eigenvalue weighted by Crippen LogP contribution is 1.97. The molecule has 4 nitrogen and oxygen atoms in total. The Labute approximate surface area is 64.1 Å². The van der Waals surface area contributed by atoms with Gasteiger partial charge in [-0.25, -0.2) is 4.79 Å². The molecule has 0 fully saturated rings. The zero-order valence-corrected chi connectivity index (χ0v) is 6.03.